The Balaban J connectivity index is 1.25. The molecule has 3 aliphatic carbocycles. The molecule has 3 fully saturated rings. The van der Waals surface area contributed by atoms with Crippen LogP contribution in [0.5, 0.6) is 0 Å². The molecule has 0 saturated heterocycles. The molecule has 1 N–H and O–H groups in total. The molecule has 20 heavy (non-hydrogen) atoms. The maximum absolute atomic E-state index is 5.50. The van der Waals surface area contributed by atoms with Crippen molar-refractivity contribution in [3.05, 3.63) is 24.2 Å². The average molecular weight is 274 g/mol. The SMILES string of the molecule is c1coc(CN(CCNC(C2CC2)C2CC2)C2CC2)c1. The van der Waals surface area contributed by atoms with Gasteiger partial charge in [-0.15, -0.1) is 0 Å². The van der Waals surface area contributed by atoms with Crippen molar-refractivity contribution in [3.8, 4) is 0 Å². The van der Waals surface area contributed by atoms with E-state index < -0.39 is 0 Å². The zero-order chi connectivity index (χ0) is 13.4. The van der Waals surface area contributed by atoms with E-state index in [4.69, 9.17) is 4.42 Å². The fraction of sp³-hybridized carbons (Fsp3) is 0.765. The second kappa shape index (κ2) is 5.53. The minimum absolute atomic E-state index is 0.808. The molecule has 3 saturated carbocycles. The zero-order valence-electron chi connectivity index (χ0n) is 12.3. The summed E-state index contributed by atoms with van der Waals surface area (Å²) in [6.45, 7) is 3.30. The summed E-state index contributed by atoms with van der Waals surface area (Å²) in [5, 5.41) is 3.86. The van der Waals surface area contributed by atoms with E-state index in [-0.39, 0.29) is 0 Å². The summed E-state index contributed by atoms with van der Waals surface area (Å²) >= 11 is 0. The molecule has 0 aromatic carbocycles. The predicted molar refractivity (Wildman–Crippen MR) is 79.4 cm³/mol. The van der Waals surface area contributed by atoms with Crippen molar-refractivity contribution < 1.29 is 4.42 Å². The number of hydrogen-bond acceptors (Lipinski definition) is 3. The van der Waals surface area contributed by atoms with Crippen molar-refractivity contribution in [1.29, 1.82) is 0 Å². The number of nitrogens with one attached hydrogen (secondary N) is 1. The Kier molecular flexibility index (Phi) is 3.57. The van der Waals surface area contributed by atoms with Crippen LogP contribution in [0.3, 0.4) is 0 Å². The highest BCUT2D eigenvalue weighted by Crippen LogP contribution is 2.44. The first kappa shape index (κ1) is 12.9. The van der Waals surface area contributed by atoms with E-state index in [0.717, 1.165) is 42.8 Å². The monoisotopic (exact) mass is 274 g/mol. The summed E-state index contributed by atoms with van der Waals surface area (Å²) in [5.74, 6) is 3.11. The summed E-state index contributed by atoms with van der Waals surface area (Å²) in [7, 11) is 0. The molecule has 0 atom stereocenters. The van der Waals surface area contributed by atoms with E-state index in [2.05, 4.69) is 16.3 Å². The van der Waals surface area contributed by atoms with Gasteiger partial charge in [0, 0.05) is 25.2 Å². The molecule has 0 spiro atoms. The summed E-state index contributed by atoms with van der Waals surface area (Å²) in [5.41, 5.74) is 0. The number of hydrogen-bond donors (Lipinski definition) is 1. The fourth-order valence-corrected chi connectivity index (χ4v) is 3.44. The molecule has 3 aliphatic rings. The first-order valence-corrected chi connectivity index (χ1v) is 8.40. The highest BCUT2D eigenvalue weighted by atomic mass is 16.3. The molecule has 1 aromatic heterocycles. The third-order valence-corrected chi connectivity index (χ3v) is 5.04. The molecule has 4 rings (SSSR count). The fourth-order valence-electron chi connectivity index (χ4n) is 3.44. The van der Waals surface area contributed by atoms with Gasteiger partial charge in [0.15, 0.2) is 0 Å². The molecule has 0 unspecified atom stereocenters. The van der Waals surface area contributed by atoms with Gasteiger partial charge >= 0.3 is 0 Å². The van der Waals surface area contributed by atoms with E-state index >= 15 is 0 Å². The van der Waals surface area contributed by atoms with Crippen LogP contribution >= 0.6 is 0 Å². The lowest BCUT2D eigenvalue weighted by Crippen LogP contribution is -2.40. The molecule has 110 valence electrons. The summed E-state index contributed by atoms with van der Waals surface area (Å²) in [6.07, 6.45) is 10.4. The summed E-state index contributed by atoms with van der Waals surface area (Å²) in [6, 6.07) is 5.73. The Bertz CT molecular complexity index is 406. The smallest absolute Gasteiger partial charge is 0.117 e. The van der Waals surface area contributed by atoms with Crippen molar-refractivity contribution >= 4 is 0 Å². The first-order valence-electron chi connectivity index (χ1n) is 8.40. The van der Waals surface area contributed by atoms with Gasteiger partial charge in [0.25, 0.3) is 0 Å². The van der Waals surface area contributed by atoms with Gasteiger partial charge in [-0.05, 0) is 62.5 Å². The molecule has 3 nitrogen and oxygen atoms in total. The van der Waals surface area contributed by atoms with Crippen LogP contribution < -0.4 is 5.32 Å². The maximum Gasteiger partial charge on any atom is 0.117 e. The molecule has 0 radical (unpaired) electrons. The van der Waals surface area contributed by atoms with Crippen LogP contribution in [-0.4, -0.2) is 30.1 Å². The second-order valence-corrected chi connectivity index (χ2v) is 6.94. The van der Waals surface area contributed by atoms with Gasteiger partial charge < -0.3 is 9.73 Å². The minimum Gasteiger partial charge on any atom is -0.468 e. The van der Waals surface area contributed by atoms with E-state index in [1.54, 1.807) is 6.26 Å². The van der Waals surface area contributed by atoms with Gasteiger partial charge in [0.05, 0.1) is 12.8 Å². The molecular formula is C17H26N2O. The van der Waals surface area contributed by atoms with Crippen molar-refractivity contribution in [2.45, 2.75) is 57.2 Å². The molecule has 1 aromatic rings. The van der Waals surface area contributed by atoms with Crippen molar-refractivity contribution in [2.24, 2.45) is 11.8 Å². The summed E-state index contributed by atoms with van der Waals surface area (Å²) in [4.78, 5) is 2.60. The standard InChI is InChI=1S/C17H26N2O/c1-2-16(20-11-1)12-19(15-7-8-15)10-9-18-17(13-3-4-13)14-5-6-14/h1-2,11,13-15,17-18H,3-10,12H2. The van der Waals surface area contributed by atoms with Crippen molar-refractivity contribution in [2.75, 3.05) is 13.1 Å². The molecule has 3 heteroatoms. The molecule has 0 aliphatic heterocycles. The average Bonchev–Trinajstić information content (AvgIpc) is 3.32. The normalized spacial score (nSPS) is 22.9. The van der Waals surface area contributed by atoms with Gasteiger partial charge in [0.2, 0.25) is 0 Å². The van der Waals surface area contributed by atoms with Crippen LogP contribution in [0.1, 0.15) is 44.3 Å². The Morgan fingerprint density at radius 3 is 2.45 bits per heavy atom. The van der Waals surface area contributed by atoms with Crippen LogP contribution in [0.2, 0.25) is 0 Å². The zero-order valence-corrected chi connectivity index (χ0v) is 12.3. The van der Waals surface area contributed by atoms with E-state index in [1.165, 1.54) is 45.1 Å². The van der Waals surface area contributed by atoms with Gasteiger partial charge in [0.1, 0.15) is 5.76 Å². The van der Waals surface area contributed by atoms with Gasteiger partial charge in [-0.2, -0.15) is 0 Å². The Morgan fingerprint density at radius 2 is 1.90 bits per heavy atom. The van der Waals surface area contributed by atoms with Crippen LogP contribution in [-0.2, 0) is 6.54 Å². The number of nitrogens with zero attached hydrogens (tertiary/aromatic N) is 1. The lowest BCUT2D eigenvalue weighted by Gasteiger charge is -2.24. The van der Waals surface area contributed by atoms with Crippen LogP contribution in [0.25, 0.3) is 0 Å². The Hall–Kier alpha value is -0.800. The van der Waals surface area contributed by atoms with E-state index in [9.17, 15) is 0 Å². The Morgan fingerprint density at radius 1 is 1.15 bits per heavy atom. The highest BCUT2D eigenvalue weighted by Gasteiger charge is 2.41. The van der Waals surface area contributed by atoms with Crippen LogP contribution in [0, 0.1) is 11.8 Å². The lowest BCUT2D eigenvalue weighted by atomic mass is 10.1. The van der Waals surface area contributed by atoms with Gasteiger partial charge in [-0.25, -0.2) is 0 Å². The molecule has 1 heterocycles. The van der Waals surface area contributed by atoms with Crippen molar-refractivity contribution in [3.63, 3.8) is 0 Å². The topological polar surface area (TPSA) is 28.4 Å². The van der Waals surface area contributed by atoms with E-state index in [1.807, 2.05) is 6.07 Å². The van der Waals surface area contributed by atoms with Crippen LogP contribution in [0.15, 0.2) is 22.8 Å². The predicted octanol–water partition coefficient (Wildman–Crippen LogP) is 3.02. The van der Waals surface area contributed by atoms with Gasteiger partial charge in [-0.1, -0.05) is 0 Å². The second-order valence-electron chi connectivity index (χ2n) is 6.94. The molecular weight excluding hydrogens is 248 g/mol. The maximum atomic E-state index is 5.50. The third kappa shape index (κ3) is 3.26. The quantitative estimate of drug-likeness (QED) is 0.750. The lowest BCUT2D eigenvalue weighted by molar-refractivity contribution is 0.227. The molecule has 0 bridgehead atoms. The van der Waals surface area contributed by atoms with Crippen LogP contribution in [0.4, 0.5) is 0 Å². The number of rotatable bonds is 9. The summed E-state index contributed by atoms with van der Waals surface area (Å²) < 4.78 is 5.50. The van der Waals surface area contributed by atoms with Crippen molar-refractivity contribution in [1.82, 2.24) is 10.2 Å². The minimum atomic E-state index is 0.808. The highest BCUT2D eigenvalue weighted by molar-refractivity contribution is 5.00. The molecule has 0 amide bonds. The largest absolute Gasteiger partial charge is 0.468 e. The van der Waals surface area contributed by atoms with Gasteiger partial charge in [-0.3, -0.25) is 4.90 Å². The van der Waals surface area contributed by atoms with E-state index in [0.29, 0.717) is 0 Å². The first-order chi connectivity index (χ1) is 9.90. The third-order valence-electron chi connectivity index (χ3n) is 5.04. The number of furan rings is 1. The Labute approximate surface area is 121 Å².